The van der Waals surface area contributed by atoms with Crippen LogP contribution in [0, 0.1) is 13.8 Å². The van der Waals surface area contributed by atoms with E-state index in [0.717, 1.165) is 48.4 Å². The topological polar surface area (TPSA) is 55.4 Å². The van der Waals surface area contributed by atoms with E-state index in [0.29, 0.717) is 6.42 Å². The zero-order chi connectivity index (χ0) is 17.4. The summed E-state index contributed by atoms with van der Waals surface area (Å²) in [6.07, 6.45) is 10.3. The van der Waals surface area contributed by atoms with Crippen molar-refractivity contribution in [3.63, 3.8) is 0 Å². The third-order valence-corrected chi connectivity index (χ3v) is 4.92. The molecule has 4 heterocycles. The number of pyridine rings is 1. The fourth-order valence-corrected chi connectivity index (χ4v) is 3.68. The summed E-state index contributed by atoms with van der Waals surface area (Å²) in [6, 6.07) is 4.26. The van der Waals surface area contributed by atoms with E-state index in [2.05, 4.69) is 10.1 Å². The maximum atomic E-state index is 12.8. The van der Waals surface area contributed by atoms with Crippen LogP contribution in [-0.2, 0) is 17.8 Å². The highest BCUT2D eigenvalue weighted by Gasteiger charge is 2.29. The summed E-state index contributed by atoms with van der Waals surface area (Å²) in [5.74, 6) is 0.160. The molecule has 0 saturated carbocycles. The summed E-state index contributed by atoms with van der Waals surface area (Å²) < 4.78 is 3.94. The normalized spacial score (nSPS) is 17.5. The van der Waals surface area contributed by atoms with Crippen LogP contribution in [0.5, 0.6) is 0 Å². The molecule has 3 aromatic heterocycles. The summed E-state index contributed by atoms with van der Waals surface area (Å²) in [5, 5.41) is 4.36. The molecule has 6 heteroatoms. The number of rotatable bonds is 4. The van der Waals surface area contributed by atoms with E-state index in [9.17, 15) is 4.79 Å². The van der Waals surface area contributed by atoms with Gasteiger partial charge in [0.25, 0.3) is 0 Å². The predicted molar refractivity (Wildman–Crippen MR) is 95.3 cm³/mol. The van der Waals surface area contributed by atoms with E-state index in [1.807, 2.05) is 64.7 Å². The average Bonchev–Trinajstić information content (AvgIpc) is 3.28. The van der Waals surface area contributed by atoms with Gasteiger partial charge in [0.05, 0.1) is 30.9 Å². The van der Waals surface area contributed by atoms with Gasteiger partial charge in [-0.2, -0.15) is 5.10 Å². The first-order valence-electron chi connectivity index (χ1n) is 8.82. The minimum Gasteiger partial charge on any atom is -0.338 e. The predicted octanol–water partition coefficient (Wildman–Crippen LogP) is 2.38. The van der Waals surface area contributed by atoms with Crippen molar-refractivity contribution in [2.24, 2.45) is 0 Å². The molecule has 0 unspecified atom stereocenters. The van der Waals surface area contributed by atoms with Crippen LogP contribution in [0.4, 0.5) is 0 Å². The van der Waals surface area contributed by atoms with Crippen LogP contribution in [0.2, 0.25) is 0 Å². The lowest BCUT2D eigenvalue weighted by atomic mass is 10.2. The van der Waals surface area contributed by atoms with Gasteiger partial charge in [-0.3, -0.25) is 9.48 Å². The quantitative estimate of drug-likeness (QED) is 0.734. The molecule has 0 spiro atoms. The van der Waals surface area contributed by atoms with E-state index in [1.165, 1.54) is 0 Å². The molecule has 1 atom stereocenters. The zero-order valence-corrected chi connectivity index (χ0v) is 14.7. The first-order valence-corrected chi connectivity index (χ1v) is 8.82. The first kappa shape index (κ1) is 15.9. The van der Waals surface area contributed by atoms with Gasteiger partial charge in [-0.15, -0.1) is 0 Å². The molecular weight excluding hydrogens is 314 g/mol. The molecule has 1 amide bonds. The van der Waals surface area contributed by atoms with E-state index >= 15 is 0 Å². The highest BCUT2D eigenvalue weighted by atomic mass is 16.2. The number of imidazole rings is 1. The third kappa shape index (κ3) is 3.16. The van der Waals surface area contributed by atoms with Gasteiger partial charge in [0.1, 0.15) is 5.65 Å². The first-order chi connectivity index (χ1) is 12.1. The van der Waals surface area contributed by atoms with E-state index in [-0.39, 0.29) is 11.9 Å². The largest absolute Gasteiger partial charge is 0.338 e. The molecule has 25 heavy (non-hydrogen) atoms. The second-order valence-corrected chi connectivity index (χ2v) is 6.95. The maximum Gasteiger partial charge on any atom is 0.228 e. The number of carbonyl (C=O) groups is 1. The number of likely N-dealkylation sites (tertiary alicyclic amines) is 1. The van der Waals surface area contributed by atoms with Gasteiger partial charge >= 0.3 is 0 Å². The second-order valence-electron chi connectivity index (χ2n) is 6.95. The maximum absolute atomic E-state index is 12.8. The van der Waals surface area contributed by atoms with Crippen molar-refractivity contribution < 1.29 is 4.79 Å². The Morgan fingerprint density at radius 3 is 2.96 bits per heavy atom. The van der Waals surface area contributed by atoms with E-state index < -0.39 is 0 Å². The third-order valence-electron chi connectivity index (χ3n) is 4.92. The number of hydrogen-bond acceptors (Lipinski definition) is 3. The van der Waals surface area contributed by atoms with Gasteiger partial charge in [0.15, 0.2) is 0 Å². The average molecular weight is 337 g/mol. The highest BCUT2D eigenvalue weighted by molar-refractivity contribution is 5.79. The van der Waals surface area contributed by atoms with Crippen LogP contribution in [0.1, 0.15) is 29.7 Å². The van der Waals surface area contributed by atoms with Crippen molar-refractivity contribution in [2.75, 3.05) is 6.54 Å². The summed E-state index contributed by atoms with van der Waals surface area (Å²) in [7, 11) is 0. The molecule has 0 bridgehead atoms. The van der Waals surface area contributed by atoms with Crippen molar-refractivity contribution in [2.45, 2.75) is 45.7 Å². The van der Waals surface area contributed by atoms with E-state index in [4.69, 9.17) is 0 Å². The van der Waals surface area contributed by atoms with Crippen molar-refractivity contribution in [3.05, 3.63) is 53.7 Å². The molecule has 0 aromatic carbocycles. The Kier molecular flexibility index (Phi) is 4.03. The van der Waals surface area contributed by atoms with Crippen LogP contribution in [0.3, 0.4) is 0 Å². The van der Waals surface area contributed by atoms with Gasteiger partial charge in [-0.25, -0.2) is 4.98 Å². The Hall–Kier alpha value is -2.63. The molecule has 1 saturated heterocycles. The molecular formula is C19H23N5O. The molecule has 1 aliphatic heterocycles. The lowest BCUT2D eigenvalue weighted by molar-refractivity contribution is -0.131. The van der Waals surface area contributed by atoms with Crippen molar-refractivity contribution in [1.29, 1.82) is 0 Å². The van der Waals surface area contributed by atoms with Gasteiger partial charge < -0.3 is 9.30 Å². The minimum atomic E-state index is 0.160. The van der Waals surface area contributed by atoms with Crippen molar-refractivity contribution >= 4 is 11.6 Å². The zero-order valence-electron chi connectivity index (χ0n) is 14.7. The molecule has 0 radical (unpaired) electrons. The molecule has 0 aliphatic carbocycles. The molecule has 1 aliphatic rings. The molecule has 3 aromatic rings. The molecule has 0 N–H and O–H groups in total. The summed E-state index contributed by atoms with van der Waals surface area (Å²) in [6.45, 7) is 5.67. The Morgan fingerprint density at radius 1 is 1.32 bits per heavy atom. The fourth-order valence-electron chi connectivity index (χ4n) is 3.68. The van der Waals surface area contributed by atoms with Crippen LogP contribution >= 0.6 is 0 Å². The summed E-state index contributed by atoms with van der Waals surface area (Å²) >= 11 is 0. The van der Waals surface area contributed by atoms with Gasteiger partial charge in [-0.1, -0.05) is 6.07 Å². The van der Waals surface area contributed by atoms with Gasteiger partial charge in [0, 0.05) is 25.1 Å². The Balaban J connectivity index is 1.48. The minimum absolute atomic E-state index is 0.160. The summed E-state index contributed by atoms with van der Waals surface area (Å²) in [4.78, 5) is 19.5. The van der Waals surface area contributed by atoms with Crippen LogP contribution in [0.15, 0.2) is 36.9 Å². The van der Waals surface area contributed by atoms with Crippen LogP contribution in [-0.4, -0.2) is 42.6 Å². The van der Waals surface area contributed by atoms with Gasteiger partial charge in [0.2, 0.25) is 5.91 Å². The number of aryl methyl sites for hydroxylation is 2. The smallest absolute Gasteiger partial charge is 0.228 e. The Morgan fingerprint density at radius 2 is 2.20 bits per heavy atom. The molecule has 130 valence electrons. The lowest BCUT2D eigenvalue weighted by Crippen LogP contribution is -2.39. The SMILES string of the molecule is Cc1cnn(C[C@H]2CCCN2C(=O)Cc2cn3cccc(C)c3n2)c1. The number of carbonyl (C=O) groups excluding carboxylic acids is 1. The monoisotopic (exact) mass is 337 g/mol. The molecule has 6 nitrogen and oxygen atoms in total. The highest BCUT2D eigenvalue weighted by Crippen LogP contribution is 2.20. The number of fused-ring (bicyclic) bond motifs is 1. The van der Waals surface area contributed by atoms with Crippen molar-refractivity contribution in [3.8, 4) is 0 Å². The van der Waals surface area contributed by atoms with Crippen molar-refractivity contribution in [1.82, 2.24) is 24.1 Å². The summed E-state index contributed by atoms with van der Waals surface area (Å²) in [5.41, 5.74) is 4.03. The molecule has 1 fully saturated rings. The Bertz CT molecular complexity index is 910. The lowest BCUT2D eigenvalue weighted by Gasteiger charge is -2.24. The van der Waals surface area contributed by atoms with Gasteiger partial charge in [-0.05, 0) is 43.9 Å². The standard InChI is InChI=1S/C19H23N5O/c1-14-10-20-23(11-14)13-17-6-4-8-24(17)18(25)9-16-12-22-7-3-5-15(2)19(22)21-16/h3,5,7,10-12,17H,4,6,8-9,13H2,1-2H3/t17-/m1/s1. The van der Waals surface area contributed by atoms with E-state index in [1.54, 1.807) is 0 Å². The van der Waals surface area contributed by atoms with Crippen LogP contribution < -0.4 is 0 Å². The Labute approximate surface area is 147 Å². The number of hydrogen-bond donors (Lipinski definition) is 0. The number of aromatic nitrogens is 4. The molecule has 4 rings (SSSR count). The van der Waals surface area contributed by atoms with Crippen LogP contribution in [0.25, 0.3) is 5.65 Å². The second kappa shape index (κ2) is 6.35. The number of amides is 1. The number of nitrogens with zero attached hydrogens (tertiary/aromatic N) is 5. The fraction of sp³-hybridized carbons (Fsp3) is 0.421.